The fourth-order valence-electron chi connectivity index (χ4n) is 3.47. The molecule has 0 aliphatic rings. The van der Waals surface area contributed by atoms with E-state index in [4.69, 9.17) is 4.74 Å². The van der Waals surface area contributed by atoms with Crippen LogP contribution in [0.15, 0.2) is 54.6 Å². The lowest BCUT2D eigenvalue weighted by Crippen LogP contribution is -2.57. The zero-order valence-corrected chi connectivity index (χ0v) is 22.7. The Bertz CT molecular complexity index is 1090. The van der Waals surface area contributed by atoms with Crippen molar-refractivity contribution in [2.45, 2.75) is 57.3 Å². The monoisotopic (exact) mass is 545 g/mol. The van der Waals surface area contributed by atoms with Crippen LogP contribution in [0.2, 0.25) is 0 Å². The SMILES string of the molecule is CSC[C@H](NC(=O)[C@@H](Cc1ccccc1)NC(=O)OC(C)(C)C)C(=O)N[C@@H](Cc1ccc(O)cc1)C(=O)O. The fraction of sp³-hybridized carbons (Fsp3) is 0.407. The van der Waals surface area contributed by atoms with Crippen molar-refractivity contribution in [3.63, 3.8) is 0 Å². The maximum atomic E-state index is 13.3. The Balaban J connectivity index is 2.16. The summed E-state index contributed by atoms with van der Waals surface area (Å²) in [5, 5.41) is 26.8. The largest absolute Gasteiger partial charge is 0.508 e. The number of amides is 3. The first kappa shape index (κ1) is 30.5. The van der Waals surface area contributed by atoms with E-state index in [9.17, 15) is 29.4 Å². The Morgan fingerprint density at radius 3 is 1.89 bits per heavy atom. The minimum Gasteiger partial charge on any atom is -0.508 e. The summed E-state index contributed by atoms with van der Waals surface area (Å²) in [5.41, 5.74) is 0.613. The van der Waals surface area contributed by atoms with Crippen molar-refractivity contribution in [3.05, 3.63) is 65.7 Å². The maximum absolute atomic E-state index is 13.3. The van der Waals surface area contributed by atoms with Crippen LogP contribution in [-0.2, 0) is 32.0 Å². The molecule has 0 unspecified atom stereocenters. The fourth-order valence-corrected chi connectivity index (χ4v) is 4.04. The second kappa shape index (κ2) is 14.3. The third kappa shape index (κ3) is 10.7. The van der Waals surface area contributed by atoms with Gasteiger partial charge in [-0.25, -0.2) is 9.59 Å². The molecule has 0 saturated carbocycles. The lowest BCUT2D eigenvalue weighted by atomic mass is 10.0. The van der Waals surface area contributed by atoms with Gasteiger partial charge < -0.3 is 30.9 Å². The first-order valence-corrected chi connectivity index (χ1v) is 13.4. The van der Waals surface area contributed by atoms with Crippen molar-refractivity contribution in [3.8, 4) is 5.75 Å². The number of carboxylic acids is 1. The summed E-state index contributed by atoms with van der Waals surface area (Å²) >= 11 is 1.30. The van der Waals surface area contributed by atoms with Crippen LogP contribution < -0.4 is 16.0 Å². The molecule has 0 radical (unpaired) electrons. The predicted octanol–water partition coefficient (Wildman–Crippen LogP) is 2.49. The molecule has 3 atom stereocenters. The van der Waals surface area contributed by atoms with E-state index in [0.29, 0.717) is 5.56 Å². The van der Waals surface area contributed by atoms with E-state index in [-0.39, 0.29) is 24.3 Å². The third-order valence-electron chi connectivity index (χ3n) is 5.25. The van der Waals surface area contributed by atoms with Crippen molar-refractivity contribution in [1.29, 1.82) is 0 Å². The van der Waals surface area contributed by atoms with Gasteiger partial charge in [-0.1, -0.05) is 42.5 Å². The molecule has 3 amide bonds. The maximum Gasteiger partial charge on any atom is 0.408 e. The van der Waals surface area contributed by atoms with Gasteiger partial charge in [-0.05, 0) is 50.3 Å². The van der Waals surface area contributed by atoms with Gasteiger partial charge in [0.15, 0.2) is 0 Å². The van der Waals surface area contributed by atoms with E-state index >= 15 is 0 Å². The first-order chi connectivity index (χ1) is 17.9. The molecule has 0 aromatic heterocycles. The van der Waals surface area contributed by atoms with Crippen LogP contribution in [0.3, 0.4) is 0 Å². The van der Waals surface area contributed by atoms with Crippen molar-refractivity contribution in [2.24, 2.45) is 0 Å². The molecule has 0 fully saturated rings. The van der Waals surface area contributed by atoms with E-state index in [2.05, 4.69) is 16.0 Å². The number of alkyl carbamates (subject to hydrolysis) is 1. The zero-order valence-electron chi connectivity index (χ0n) is 21.9. The molecule has 2 aromatic rings. The number of hydrogen-bond acceptors (Lipinski definition) is 7. The molecule has 0 spiro atoms. The lowest BCUT2D eigenvalue weighted by molar-refractivity contribution is -0.142. The van der Waals surface area contributed by atoms with Crippen molar-refractivity contribution in [1.82, 2.24) is 16.0 Å². The smallest absolute Gasteiger partial charge is 0.408 e. The summed E-state index contributed by atoms with van der Waals surface area (Å²) in [4.78, 5) is 50.6. The number of rotatable bonds is 12. The van der Waals surface area contributed by atoms with E-state index in [1.54, 1.807) is 39.2 Å². The summed E-state index contributed by atoms with van der Waals surface area (Å²) in [7, 11) is 0. The molecule has 0 bridgehead atoms. The number of carbonyl (C=O) groups is 4. The standard InChI is InChI=1S/C27H35N3O7S/c1-27(2,3)37-26(36)30-20(14-17-8-6-5-7-9-17)23(32)29-22(16-38-4)24(33)28-21(25(34)35)15-18-10-12-19(31)13-11-18/h5-13,20-22,31H,14-16H2,1-4H3,(H,28,33)(H,29,32)(H,30,36)(H,34,35)/t20-,21+,22+/m1/s1. The molecule has 38 heavy (non-hydrogen) atoms. The Hall–Kier alpha value is -3.73. The van der Waals surface area contributed by atoms with Crippen LogP contribution in [0.25, 0.3) is 0 Å². The van der Waals surface area contributed by atoms with Gasteiger partial charge in [0.05, 0.1) is 0 Å². The van der Waals surface area contributed by atoms with E-state index in [1.807, 2.05) is 30.3 Å². The number of phenols is 1. The third-order valence-corrected chi connectivity index (χ3v) is 5.91. The second-order valence-corrected chi connectivity index (χ2v) is 10.6. The summed E-state index contributed by atoms with van der Waals surface area (Å²) < 4.78 is 5.30. The molecule has 5 N–H and O–H groups in total. The quantitative estimate of drug-likeness (QED) is 0.273. The highest BCUT2D eigenvalue weighted by atomic mass is 32.2. The molecule has 2 rings (SSSR count). The highest BCUT2D eigenvalue weighted by Crippen LogP contribution is 2.12. The van der Waals surface area contributed by atoms with Crippen molar-refractivity contribution >= 4 is 35.6 Å². The molecule has 0 heterocycles. The van der Waals surface area contributed by atoms with Crippen LogP contribution in [-0.4, -0.2) is 69.8 Å². The topological polar surface area (TPSA) is 154 Å². The molecular formula is C27H35N3O7S. The molecule has 206 valence electrons. The summed E-state index contributed by atoms with van der Waals surface area (Å²) in [6.45, 7) is 5.11. The summed E-state index contributed by atoms with van der Waals surface area (Å²) in [5.74, 6) is -2.31. The van der Waals surface area contributed by atoms with Crippen LogP contribution >= 0.6 is 11.8 Å². The van der Waals surface area contributed by atoms with Crippen molar-refractivity contribution in [2.75, 3.05) is 12.0 Å². The minimum absolute atomic E-state index is 0.0158. The molecule has 0 aliphatic heterocycles. The Labute approximate surface area is 226 Å². The van der Waals surface area contributed by atoms with Crippen LogP contribution in [0.1, 0.15) is 31.9 Å². The molecule has 10 nitrogen and oxygen atoms in total. The number of aliphatic carboxylic acids is 1. The Kier molecular flexibility index (Phi) is 11.5. The highest BCUT2D eigenvalue weighted by molar-refractivity contribution is 7.98. The number of carboxylic acid groups (broad SMARTS) is 1. The van der Waals surface area contributed by atoms with E-state index in [0.717, 1.165) is 5.56 Å². The zero-order chi connectivity index (χ0) is 28.3. The van der Waals surface area contributed by atoms with Crippen LogP contribution in [0, 0.1) is 0 Å². The first-order valence-electron chi connectivity index (χ1n) is 12.0. The molecular weight excluding hydrogens is 510 g/mol. The molecule has 11 heteroatoms. The second-order valence-electron chi connectivity index (χ2n) is 9.68. The molecule has 0 saturated heterocycles. The number of thioether (sulfide) groups is 1. The van der Waals surface area contributed by atoms with Gasteiger partial charge in [0.2, 0.25) is 11.8 Å². The van der Waals surface area contributed by atoms with E-state index in [1.165, 1.54) is 23.9 Å². The minimum atomic E-state index is -1.26. The summed E-state index contributed by atoms with van der Waals surface area (Å²) in [6, 6.07) is 11.7. The number of aromatic hydroxyl groups is 1. The molecule has 2 aromatic carbocycles. The van der Waals surface area contributed by atoms with Gasteiger partial charge >= 0.3 is 12.1 Å². The van der Waals surface area contributed by atoms with Gasteiger partial charge in [0.1, 0.15) is 29.5 Å². The van der Waals surface area contributed by atoms with E-state index < -0.39 is 47.6 Å². The average molecular weight is 546 g/mol. The number of benzene rings is 2. The number of nitrogens with one attached hydrogen (secondary N) is 3. The van der Waals surface area contributed by atoms with Gasteiger partial charge in [0, 0.05) is 18.6 Å². The van der Waals surface area contributed by atoms with Gasteiger partial charge in [-0.2, -0.15) is 11.8 Å². The number of ether oxygens (including phenoxy) is 1. The van der Waals surface area contributed by atoms with Crippen LogP contribution in [0.4, 0.5) is 4.79 Å². The normalized spacial score (nSPS) is 13.5. The number of phenolic OH excluding ortho intramolecular Hbond substituents is 1. The lowest BCUT2D eigenvalue weighted by Gasteiger charge is -2.26. The number of carbonyl (C=O) groups excluding carboxylic acids is 3. The van der Waals surface area contributed by atoms with Gasteiger partial charge in [-0.3, -0.25) is 9.59 Å². The number of hydrogen-bond donors (Lipinski definition) is 5. The van der Waals surface area contributed by atoms with Crippen LogP contribution in [0.5, 0.6) is 5.75 Å². The van der Waals surface area contributed by atoms with Crippen molar-refractivity contribution < 1.29 is 34.1 Å². The Morgan fingerprint density at radius 1 is 0.816 bits per heavy atom. The summed E-state index contributed by atoms with van der Waals surface area (Å²) in [6.07, 6.45) is 1.10. The predicted molar refractivity (Wildman–Crippen MR) is 145 cm³/mol. The van der Waals surface area contributed by atoms with Gasteiger partial charge in [0.25, 0.3) is 0 Å². The highest BCUT2D eigenvalue weighted by Gasteiger charge is 2.30. The van der Waals surface area contributed by atoms with Gasteiger partial charge in [-0.15, -0.1) is 0 Å². The Morgan fingerprint density at radius 2 is 1.34 bits per heavy atom. The molecule has 0 aliphatic carbocycles. The average Bonchev–Trinajstić information content (AvgIpc) is 2.83.